The predicted molar refractivity (Wildman–Crippen MR) is 103 cm³/mol. The topological polar surface area (TPSA) is 52.6 Å². The van der Waals surface area contributed by atoms with Crippen LogP contribution < -0.4 is 4.74 Å². The van der Waals surface area contributed by atoms with Gasteiger partial charge in [-0.2, -0.15) is 0 Å². The number of carbonyl (C=O) groups excluding carboxylic acids is 2. The largest absolute Gasteiger partial charge is 0.485 e. The van der Waals surface area contributed by atoms with E-state index in [9.17, 15) is 9.59 Å². The Bertz CT molecular complexity index is 648. The van der Waals surface area contributed by atoms with Crippen molar-refractivity contribution in [3.63, 3.8) is 0 Å². The molecular weight excluding hydrogens is 328 g/mol. The number of fused-ring (bicyclic) bond motifs is 1. The molecule has 0 spiro atoms. The number of benzene rings is 1. The normalized spacial score (nSPS) is 15.2. The zero-order valence-corrected chi connectivity index (χ0v) is 16.0. The summed E-state index contributed by atoms with van der Waals surface area (Å²) >= 11 is 0. The highest BCUT2D eigenvalue weighted by Crippen LogP contribution is 2.32. The third kappa shape index (κ3) is 6.01. The maximum atomic E-state index is 11.8. The molecular formula is C22H30O4. The fourth-order valence-corrected chi connectivity index (χ4v) is 3.08. The molecule has 142 valence electrons. The summed E-state index contributed by atoms with van der Waals surface area (Å²) in [5.41, 5.74) is 2.44. The summed E-state index contributed by atoms with van der Waals surface area (Å²) in [7, 11) is 0. The van der Waals surface area contributed by atoms with Crippen LogP contribution in [0.15, 0.2) is 30.4 Å². The second-order valence-corrected chi connectivity index (χ2v) is 7.03. The Hall–Kier alpha value is -2.10. The second-order valence-electron chi connectivity index (χ2n) is 7.03. The Balaban J connectivity index is 1.69. The Morgan fingerprint density at radius 2 is 1.92 bits per heavy atom. The molecule has 26 heavy (non-hydrogen) atoms. The molecule has 4 heteroatoms. The molecule has 1 aliphatic heterocycles. The van der Waals surface area contributed by atoms with Crippen molar-refractivity contribution in [1.82, 2.24) is 0 Å². The third-order valence-corrected chi connectivity index (χ3v) is 4.75. The van der Waals surface area contributed by atoms with Crippen LogP contribution in [0.4, 0.5) is 0 Å². The highest BCUT2D eigenvalue weighted by Gasteiger charge is 2.26. The Morgan fingerprint density at radius 1 is 1.19 bits per heavy atom. The number of hydrogen-bond acceptors (Lipinski definition) is 4. The molecule has 1 heterocycles. The van der Waals surface area contributed by atoms with Gasteiger partial charge in [0.2, 0.25) is 0 Å². The van der Waals surface area contributed by atoms with E-state index in [0.29, 0.717) is 18.4 Å². The summed E-state index contributed by atoms with van der Waals surface area (Å²) in [6.07, 6.45) is 7.81. The highest BCUT2D eigenvalue weighted by molar-refractivity contribution is 5.94. The van der Waals surface area contributed by atoms with Crippen LogP contribution in [-0.2, 0) is 16.0 Å². The van der Waals surface area contributed by atoms with Crippen LogP contribution in [0.1, 0.15) is 74.7 Å². The fraction of sp³-hybridized carbons (Fsp3) is 0.545. The molecule has 0 aromatic heterocycles. The van der Waals surface area contributed by atoms with E-state index in [1.165, 1.54) is 25.7 Å². The van der Waals surface area contributed by atoms with E-state index in [4.69, 9.17) is 9.47 Å². The molecule has 0 radical (unpaired) electrons. The molecule has 2 rings (SSSR count). The van der Waals surface area contributed by atoms with Crippen molar-refractivity contribution in [2.75, 3.05) is 6.61 Å². The first-order valence-electron chi connectivity index (χ1n) is 9.65. The fourth-order valence-electron chi connectivity index (χ4n) is 3.08. The smallest absolute Gasteiger partial charge is 0.306 e. The van der Waals surface area contributed by atoms with Crippen LogP contribution >= 0.6 is 0 Å². The molecule has 0 fully saturated rings. The summed E-state index contributed by atoms with van der Waals surface area (Å²) in [4.78, 5) is 23.3. The number of unbranched alkanes of at least 4 members (excludes halogenated alkanes) is 5. The van der Waals surface area contributed by atoms with Gasteiger partial charge in [-0.1, -0.05) is 45.6 Å². The van der Waals surface area contributed by atoms with Crippen molar-refractivity contribution in [1.29, 1.82) is 0 Å². The maximum absolute atomic E-state index is 11.8. The molecule has 0 saturated heterocycles. The Morgan fingerprint density at radius 3 is 2.65 bits per heavy atom. The molecule has 0 aliphatic carbocycles. The van der Waals surface area contributed by atoms with E-state index in [1.807, 2.05) is 12.1 Å². The lowest BCUT2D eigenvalue weighted by Crippen LogP contribution is -2.20. The van der Waals surface area contributed by atoms with E-state index in [1.54, 1.807) is 13.0 Å². The number of hydrogen-bond donors (Lipinski definition) is 0. The van der Waals surface area contributed by atoms with Gasteiger partial charge < -0.3 is 9.47 Å². The van der Waals surface area contributed by atoms with E-state index >= 15 is 0 Å². The van der Waals surface area contributed by atoms with Gasteiger partial charge in [0.15, 0.2) is 5.78 Å². The van der Waals surface area contributed by atoms with E-state index < -0.39 is 0 Å². The molecule has 1 unspecified atom stereocenters. The van der Waals surface area contributed by atoms with Gasteiger partial charge in [-0.25, -0.2) is 0 Å². The van der Waals surface area contributed by atoms with Crippen molar-refractivity contribution in [2.45, 2.75) is 71.3 Å². The molecule has 4 nitrogen and oxygen atoms in total. The minimum atomic E-state index is -0.200. The van der Waals surface area contributed by atoms with Gasteiger partial charge in [-0.15, -0.1) is 0 Å². The lowest BCUT2D eigenvalue weighted by Gasteiger charge is -2.14. The number of carbonyl (C=O) groups is 2. The van der Waals surface area contributed by atoms with Crippen molar-refractivity contribution in [2.24, 2.45) is 0 Å². The minimum absolute atomic E-state index is 0.0405. The minimum Gasteiger partial charge on any atom is -0.485 e. The van der Waals surface area contributed by atoms with Crippen molar-refractivity contribution < 1.29 is 19.1 Å². The van der Waals surface area contributed by atoms with Crippen LogP contribution in [0.5, 0.6) is 5.75 Å². The Kier molecular flexibility index (Phi) is 7.89. The van der Waals surface area contributed by atoms with Crippen LogP contribution in [-0.4, -0.2) is 24.5 Å². The van der Waals surface area contributed by atoms with Gasteiger partial charge in [0.1, 0.15) is 18.5 Å². The quantitative estimate of drug-likeness (QED) is 0.241. The summed E-state index contributed by atoms with van der Waals surface area (Å²) in [5.74, 6) is 0.647. The van der Waals surface area contributed by atoms with Crippen LogP contribution in [0, 0.1) is 0 Å². The summed E-state index contributed by atoms with van der Waals surface area (Å²) < 4.78 is 11.2. The van der Waals surface area contributed by atoms with Gasteiger partial charge in [0.25, 0.3) is 0 Å². The van der Waals surface area contributed by atoms with Crippen molar-refractivity contribution in [3.8, 4) is 5.75 Å². The standard InChI is InChI=1S/C22H30O4/c1-4-5-6-7-8-9-10-22(24)25-15-16(2)21-14-19-13-18(17(3)23)11-12-20(19)26-21/h11-13,21H,2,4-10,14-15H2,1,3H3. The average Bonchev–Trinajstić information content (AvgIpc) is 3.05. The first-order valence-corrected chi connectivity index (χ1v) is 9.65. The van der Waals surface area contributed by atoms with Gasteiger partial charge in [-0.3, -0.25) is 9.59 Å². The first-order chi connectivity index (χ1) is 12.5. The van der Waals surface area contributed by atoms with Crippen LogP contribution in [0.3, 0.4) is 0 Å². The molecule has 1 aromatic rings. The molecule has 1 atom stereocenters. The monoisotopic (exact) mass is 358 g/mol. The Labute approximate surface area is 156 Å². The molecule has 1 aromatic carbocycles. The summed E-state index contributed by atoms with van der Waals surface area (Å²) in [5, 5.41) is 0. The third-order valence-electron chi connectivity index (χ3n) is 4.75. The van der Waals surface area contributed by atoms with Gasteiger partial charge in [0, 0.05) is 24.0 Å². The first kappa shape index (κ1) is 20.2. The number of rotatable bonds is 11. The second kappa shape index (κ2) is 10.1. The number of ether oxygens (including phenoxy) is 2. The lowest BCUT2D eigenvalue weighted by atomic mass is 10.0. The SMILES string of the molecule is C=C(COC(=O)CCCCCCCC)C1Cc2cc(C(C)=O)ccc2O1. The zero-order valence-electron chi connectivity index (χ0n) is 16.0. The molecule has 0 bridgehead atoms. The number of ketones is 1. The lowest BCUT2D eigenvalue weighted by molar-refractivity contribution is -0.143. The predicted octanol–water partition coefficient (Wildman–Crippen LogP) is 5.04. The van der Waals surface area contributed by atoms with E-state index in [2.05, 4.69) is 13.5 Å². The average molecular weight is 358 g/mol. The zero-order chi connectivity index (χ0) is 18.9. The molecule has 0 amide bonds. The molecule has 0 N–H and O–H groups in total. The highest BCUT2D eigenvalue weighted by atomic mass is 16.5. The van der Waals surface area contributed by atoms with Gasteiger partial charge in [0.05, 0.1) is 0 Å². The summed E-state index contributed by atoms with van der Waals surface area (Å²) in [6.45, 7) is 7.94. The molecule has 1 aliphatic rings. The number of esters is 1. The van der Waals surface area contributed by atoms with Crippen LogP contribution in [0.25, 0.3) is 0 Å². The van der Waals surface area contributed by atoms with Crippen molar-refractivity contribution in [3.05, 3.63) is 41.5 Å². The van der Waals surface area contributed by atoms with E-state index in [0.717, 1.165) is 29.7 Å². The maximum Gasteiger partial charge on any atom is 0.306 e. The number of Topliss-reactive ketones (excluding diaryl/α,β-unsaturated/α-hetero) is 1. The van der Waals surface area contributed by atoms with E-state index in [-0.39, 0.29) is 24.5 Å². The summed E-state index contributed by atoms with van der Waals surface area (Å²) in [6, 6.07) is 5.46. The van der Waals surface area contributed by atoms with Gasteiger partial charge in [-0.05, 0) is 37.1 Å². The van der Waals surface area contributed by atoms with Crippen LogP contribution in [0.2, 0.25) is 0 Å². The van der Waals surface area contributed by atoms with Gasteiger partial charge >= 0.3 is 5.97 Å². The van der Waals surface area contributed by atoms with Crippen molar-refractivity contribution >= 4 is 11.8 Å². The molecule has 0 saturated carbocycles.